The first-order valence-corrected chi connectivity index (χ1v) is 19.2. The molecule has 0 atom stereocenters. The van der Waals surface area contributed by atoms with E-state index >= 15 is 0 Å². The van der Waals surface area contributed by atoms with Gasteiger partial charge in [-0.2, -0.15) is 0 Å². The number of hydrogen-bond donors (Lipinski definition) is 0. The summed E-state index contributed by atoms with van der Waals surface area (Å²) >= 11 is 0. The number of benzene rings is 8. The van der Waals surface area contributed by atoms with Crippen molar-refractivity contribution in [3.8, 4) is 45.3 Å². The molecule has 0 bridgehead atoms. The average Bonchev–Trinajstić information content (AvgIpc) is 3.93. The maximum absolute atomic E-state index is 6.58. The Hall–Kier alpha value is -7.76. The van der Waals surface area contributed by atoms with Gasteiger partial charge in [-0.15, -0.1) is 0 Å². The highest BCUT2D eigenvalue weighted by Gasteiger charge is 2.22. The van der Waals surface area contributed by atoms with Gasteiger partial charge < -0.3 is 8.98 Å². The highest BCUT2D eigenvalue weighted by Crippen LogP contribution is 2.41. The van der Waals surface area contributed by atoms with Gasteiger partial charge in [0.15, 0.2) is 0 Å². The first-order chi connectivity index (χ1) is 28.3. The molecule has 5 heteroatoms. The minimum Gasteiger partial charge on any atom is -0.455 e. The Balaban J connectivity index is 1.15. The van der Waals surface area contributed by atoms with E-state index in [1.165, 1.54) is 21.9 Å². The van der Waals surface area contributed by atoms with Gasteiger partial charge in [-0.3, -0.25) is 4.57 Å². The highest BCUT2D eigenvalue weighted by atomic mass is 16.3. The van der Waals surface area contributed by atoms with Gasteiger partial charge in [-0.1, -0.05) is 140 Å². The summed E-state index contributed by atoms with van der Waals surface area (Å²) in [7, 11) is 0. The lowest BCUT2D eigenvalue weighted by Gasteiger charge is -2.13. The monoisotopic (exact) mass is 728 g/mol. The first-order valence-electron chi connectivity index (χ1n) is 19.2. The molecule has 0 amide bonds. The topological polar surface area (TPSA) is 48.8 Å². The van der Waals surface area contributed by atoms with Crippen LogP contribution in [0.15, 0.2) is 199 Å². The molecule has 0 spiro atoms. The molecule has 0 unspecified atom stereocenters. The van der Waals surface area contributed by atoms with Crippen LogP contribution in [-0.2, 0) is 0 Å². The van der Waals surface area contributed by atoms with Crippen molar-refractivity contribution in [3.63, 3.8) is 0 Å². The molecule has 4 aromatic heterocycles. The Bertz CT molecular complexity index is 3500. The van der Waals surface area contributed by atoms with Crippen molar-refractivity contribution < 1.29 is 4.42 Å². The molecular formula is C52H32N4O. The molecule has 57 heavy (non-hydrogen) atoms. The van der Waals surface area contributed by atoms with Gasteiger partial charge in [0.05, 0.1) is 33.5 Å². The summed E-state index contributed by atoms with van der Waals surface area (Å²) in [4.78, 5) is 10.9. The van der Waals surface area contributed by atoms with E-state index in [4.69, 9.17) is 14.4 Å². The van der Waals surface area contributed by atoms with Gasteiger partial charge in [0.2, 0.25) is 5.95 Å². The number of rotatable bonds is 5. The smallest absolute Gasteiger partial charge is 0.235 e. The zero-order chi connectivity index (χ0) is 37.5. The van der Waals surface area contributed by atoms with Crippen LogP contribution in [0.5, 0.6) is 0 Å². The molecule has 0 aliphatic rings. The van der Waals surface area contributed by atoms with Crippen molar-refractivity contribution in [2.75, 3.05) is 0 Å². The third kappa shape index (κ3) is 4.89. The number of para-hydroxylation sites is 5. The highest BCUT2D eigenvalue weighted by molar-refractivity contribution is 6.19. The Labute approximate surface area is 327 Å². The van der Waals surface area contributed by atoms with Crippen molar-refractivity contribution in [3.05, 3.63) is 194 Å². The molecule has 12 aromatic rings. The van der Waals surface area contributed by atoms with Crippen molar-refractivity contribution in [2.45, 2.75) is 0 Å². The SMILES string of the molecule is c1ccc(-c2ccc(-c3cc(-c4cccc5c4oc4ccccc45)nc(-n4c5ccccc5c5cc6c7ccccc7n(-c7ccccc7)c6cc54)n3)cc2)cc1. The second kappa shape index (κ2) is 12.4. The standard InChI is InChI=1S/C52H32N4O/c1-3-14-33(15-4-1)34-26-28-35(29-27-34)44-31-45(41-22-13-21-40-39-20-9-12-25-50(39)57-51(40)41)54-52(53-44)56-47-24-11-8-19-38(47)43-30-42-37-18-7-10-23-46(37)55(48(42)32-49(43)56)36-16-5-2-6-17-36/h1-32H. The van der Waals surface area contributed by atoms with Crippen LogP contribution in [0, 0.1) is 0 Å². The van der Waals surface area contributed by atoms with Crippen LogP contribution >= 0.6 is 0 Å². The van der Waals surface area contributed by atoms with Gasteiger partial charge in [0.25, 0.3) is 0 Å². The fourth-order valence-electron chi connectivity index (χ4n) is 8.73. The van der Waals surface area contributed by atoms with E-state index in [2.05, 4.69) is 185 Å². The predicted molar refractivity (Wildman–Crippen MR) is 234 cm³/mol. The molecule has 0 N–H and O–H groups in total. The Morgan fingerprint density at radius 3 is 1.67 bits per heavy atom. The zero-order valence-corrected chi connectivity index (χ0v) is 30.7. The molecule has 0 aliphatic heterocycles. The quantitative estimate of drug-likeness (QED) is 0.177. The summed E-state index contributed by atoms with van der Waals surface area (Å²) in [5.41, 5.74) is 13.0. The molecule has 12 rings (SSSR count). The van der Waals surface area contributed by atoms with Crippen molar-refractivity contribution >= 4 is 65.6 Å². The fraction of sp³-hybridized carbons (Fsp3) is 0. The summed E-state index contributed by atoms with van der Waals surface area (Å²) in [6.45, 7) is 0. The van der Waals surface area contributed by atoms with Crippen LogP contribution in [0.25, 0.3) is 111 Å². The van der Waals surface area contributed by atoms with Gasteiger partial charge in [0, 0.05) is 49.1 Å². The van der Waals surface area contributed by atoms with Gasteiger partial charge in [-0.05, 0) is 65.7 Å². The molecule has 0 fully saturated rings. The Morgan fingerprint density at radius 2 is 0.912 bits per heavy atom. The summed E-state index contributed by atoms with van der Waals surface area (Å²) in [5.74, 6) is 0.593. The lowest BCUT2D eigenvalue weighted by Crippen LogP contribution is -2.04. The van der Waals surface area contributed by atoms with Crippen LogP contribution < -0.4 is 0 Å². The molecule has 0 aliphatic carbocycles. The first kappa shape index (κ1) is 31.6. The molecule has 0 radical (unpaired) electrons. The summed E-state index contributed by atoms with van der Waals surface area (Å²) in [5, 5.41) is 6.86. The molecule has 0 saturated heterocycles. The Morgan fingerprint density at radius 1 is 0.351 bits per heavy atom. The maximum atomic E-state index is 6.58. The van der Waals surface area contributed by atoms with E-state index < -0.39 is 0 Å². The normalized spacial score (nSPS) is 11.9. The van der Waals surface area contributed by atoms with Gasteiger partial charge in [0.1, 0.15) is 11.2 Å². The van der Waals surface area contributed by atoms with Crippen molar-refractivity contribution in [1.29, 1.82) is 0 Å². The summed E-state index contributed by atoms with van der Waals surface area (Å²) in [6.07, 6.45) is 0. The van der Waals surface area contributed by atoms with Crippen LogP contribution in [-0.4, -0.2) is 19.1 Å². The van der Waals surface area contributed by atoms with Crippen LogP contribution in [0.1, 0.15) is 0 Å². The minimum absolute atomic E-state index is 0.593. The number of fused-ring (bicyclic) bond motifs is 9. The number of nitrogens with zero attached hydrogens (tertiary/aromatic N) is 4. The average molecular weight is 729 g/mol. The lowest BCUT2D eigenvalue weighted by molar-refractivity contribution is 0.670. The number of furan rings is 1. The third-order valence-corrected chi connectivity index (χ3v) is 11.4. The van der Waals surface area contributed by atoms with E-state index in [0.29, 0.717) is 5.95 Å². The van der Waals surface area contributed by atoms with E-state index in [1.807, 2.05) is 18.2 Å². The number of hydrogen-bond acceptors (Lipinski definition) is 3. The van der Waals surface area contributed by atoms with Gasteiger partial charge in [-0.25, -0.2) is 9.97 Å². The zero-order valence-electron chi connectivity index (χ0n) is 30.7. The van der Waals surface area contributed by atoms with Crippen LogP contribution in [0.2, 0.25) is 0 Å². The fourth-order valence-corrected chi connectivity index (χ4v) is 8.73. The van der Waals surface area contributed by atoms with Crippen LogP contribution in [0.3, 0.4) is 0 Å². The number of aromatic nitrogens is 4. The Kier molecular flexibility index (Phi) is 6.86. The van der Waals surface area contributed by atoms with E-state index in [9.17, 15) is 0 Å². The summed E-state index contributed by atoms with van der Waals surface area (Å²) < 4.78 is 11.2. The van der Waals surface area contributed by atoms with Crippen molar-refractivity contribution in [1.82, 2.24) is 19.1 Å². The van der Waals surface area contributed by atoms with Crippen LogP contribution in [0.4, 0.5) is 0 Å². The molecule has 4 heterocycles. The molecule has 8 aromatic carbocycles. The van der Waals surface area contributed by atoms with Crippen molar-refractivity contribution in [2.24, 2.45) is 0 Å². The molecule has 5 nitrogen and oxygen atoms in total. The molecule has 0 saturated carbocycles. The van der Waals surface area contributed by atoms with Gasteiger partial charge >= 0.3 is 0 Å². The van der Waals surface area contributed by atoms with E-state index in [1.54, 1.807) is 0 Å². The largest absolute Gasteiger partial charge is 0.455 e. The third-order valence-electron chi connectivity index (χ3n) is 11.4. The van der Waals surface area contributed by atoms with E-state index in [-0.39, 0.29) is 0 Å². The lowest BCUT2D eigenvalue weighted by atomic mass is 10.0. The second-order valence-electron chi connectivity index (χ2n) is 14.6. The second-order valence-corrected chi connectivity index (χ2v) is 14.6. The predicted octanol–water partition coefficient (Wildman–Crippen LogP) is 13.6. The minimum atomic E-state index is 0.593. The maximum Gasteiger partial charge on any atom is 0.235 e. The van der Waals surface area contributed by atoms with E-state index in [0.717, 1.165) is 83.0 Å². The molecule has 266 valence electrons. The summed E-state index contributed by atoms with van der Waals surface area (Å²) in [6, 6.07) is 68.3. The molecular weight excluding hydrogens is 697 g/mol.